The first-order valence-electron chi connectivity index (χ1n) is 6.08. The van der Waals surface area contributed by atoms with E-state index >= 15 is 0 Å². The predicted molar refractivity (Wildman–Crippen MR) is 74.6 cm³/mol. The fraction of sp³-hybridized carbons (Fsp3) is 0.500. The van der Waals surface area contributed by atoms with Gasteiger partial charge >= 0.3 is 0 Å². The van der Waals surface area contributed by atoms with Gasteiger partial charge in [-0.1, -0.05) is 18.2 Å². The molecule has 0 aliphatic rings. The molecule has 1 aromatic carbocycles. The van der Waals surface area contributed by atoms with Crippen LogP contribution in [-0.4, -0.2) is 42.4 Å². The number of sulfonamides is 1. The van der Waals surface area contributed by atoms with Crippen LogP contribution in [0.1, 0.15) is 18.9 Å². The number of nitrogens with zero attached hydrogens (tertiary/aromatic N) is 2. The fourth-order valence-corrected chi connectivity index (χ4v) is 2.87. The Hall–Kier alpha value is -1.51. The van der Waals surface area contributed by atoms with Crippen LogP contribution < -0.4 is 0 Å². The van der Waals surface area contributed by atoms with Crippen LogP contribution in [0.15, 0.2) is 24.3 Å². The Labute approximate surface area is 118 Å². The number of benzene rings is 1. The van der Waals surface area contributed by atoms with Gasteiger partial charge in [-0.15, -0.1) is 0 Å². The van der Waals surface area contributed by atoms with Crippen molar-refractivity contribution in [1.82, 2.24) is 4.31 Å². The summed E-state index contributed by atoms with van der Waals surface area (Å²) in [6, 6.07) is 5.76. The number of hydrogen-bond acceptors (Lipinski definition) is 5. The molecule has 0 aromatic heterocycles. The van der Waals surface area contributed by atoms with Gasteiger partial charge in [0.1, 0.15) is 0 Å². The van der Waals surface area contributed by atoms with Gasteiger partial charge in [0.2, 0.25) is 10.0 Å². The Morgan fingerprint density at radius 3 is 2.55 bits per heavy atom. The van der Waals surface area contributed by atoms with Crippen molar-refractivity contribution in [3.8, 4) is 0 Å². The minimum atomic E-state index is -3.65. The quantitative estimate of drug-likeness (QED) is 0.601. The lowest BCUT2D eigenvalue weighted by Crippen LogP contribution is -2.30. The van der Waals surface area contributed by atoms with Crippen LogP contribution >= 0.6 is 0 Å². The van der Waals surface area contributed by atoms with E-state index in [9.17, 15) is 18.5 Å². The van der Waals surface area contributed by atoms with Crippen molar-refractivity contribution in [1.29, 1.82) is 0 Å². The molecular weight excluding hydrogens is 284 g/mol. The SMILES string of the molecule is CC(O)CCN(C)S(=O)(=O)Cc1ccccc1[N+](=O)[O-]. The second-order valence-corrected chi connectivity index (χ2v) is 6.68. The molecule has 1 atom stereocenters. The molecule has 0 bridgehead atoms. The highest BCUT2D eigenvalue weighted by atomic mass is 32.2. The second kappa shape index (κ2) is 6.78. The maximum atomic E-state index is 12.1. The molecule has 8 heteroatoms. The molecule has 1 aromatic rings. The van der Waals surface area contributed by atoms with Gasteiger partial charge in [-0.3, -0.25) is 10.1 Å². The fourth-order valence-electron chi connectivity index (χ4n) is 1.63. The predicted octanol–water partition coefficient (Wildman–Crippen LogP) is 1.13. The number of nitro groups is 1. The summed E-state index contributed by atoms with van der Waals surface area (Å²) in [6.07, 6.45) is -0.286. The van der Waals surface area contributed by atoms with Gasteiger partial charge in [-0.2, -0.15) is 0 Å². The lowest BCUT2D eigenvalue weighted by Gasteiger charge is -2.17. The number of hydrogen-bond donors (Lipinski definition) is 1. The summed E-state index contributed by atoms with van der Waals surface area (Å²) < 4.78 is 25.3. The summed E-state index contributed by atoms with van der Waals surface area (Å²) in [7, 11) is -2.25. The molecular formula is C12H18N2O5S. The van der Waals surface area contributed by atoms with Crippen LogP contribution in [0.2, 0.25) is 0 Å². The first-order chi connectivity index (χ1) is 9.24. The molecule has 1 unspecified atom stereocenters. The highest BCUT2D eigenvalue weighted by molar-refractivity contribution is 7.88. The third-order valence-corrected chi connectivity index (χ3v) is 4.67. The van der Waals surface area contributed by atoms with Crippen LogP contribution in [0.3, 0.4) is 0 Å². The molecule has 1 N–H and O–H groups in total. The van der Waals surface area contributed by atoms with E-state index in [1.54, 1.807) is 13.0 Å². The normalized spacial score (nSPS) is 13.4. The molecule has 0 aliphatic heterocycles. The lowest BCUT2D eigenvalue weighted by atomic mass is 10.2. The second-order valence-electron chi connectivity index (χ2n) is 4.60. The van der Waals surface area contributed by atoms with Crippen molar-refractivity contribution in [2.45, 2.75) is 25.2 Å². The van der Waals surface area contributed by atoms with E-state index < -0.39 is 26.8 Å². The van der Waals surface area contributed by atoms with Gasteiger partial charge in [0.15, 0.2) is 0 Å². The van der Waals surface area contributed by atoms with Crippen molar-refractivity contribution in [3.05, 3.63) is 39.9 Å². The van der Waals surface area contributed by atoms with Crippen LogP contribution in [-0.2, 0) is 15.8 Å². The smallest absolute Gasteiger partial charge is 0.273 e. The summed E-state index contributed by atoms with van der Waals surface area (Å²) >= 11 is 0. The molecule has 0 fully saturated rings. The topological polar surface area (TPSA) is 101 Å². The average molecular weight is 302 g/mol. The molecule has 0 spiro atoms. The maximum Gasteiger partial charge on any atom is 0.273 e. The Kier molecular flexibility index (Phi) is 5.61. The zero-order valence-electron chi connectivity index (χ0n) is 11.4. The van der Waals surface area contributed by atoms with E-state index in [-0.39, 0.29) is 17.8 Å². The third-order valence-electron chi connectivity index (χ3n) is 2.86. The van der Waals surface area contributed by atoms with Crippen LogP contribution in [0, 0.1) is 10.1 Å². The standard InChI is InChI=1S/C12H18N2O5S/c1-10(15)7-8-13(2)20(18,19)9-11-5-3-4-6-12(11)14(16)17/h3-6,10,15H,7-9H2,1-2H3. The largest absolute Gasteiger partial charge is 0.393 e. The molecule has 7 nitrogen and oxygen atoms in total. The van der Waals surface area contributed by atoms with E-state index in [2.05, 4.69) is 0 Å². The number of rotatable bonds is 7. The number of para-hydroxylation sites is 1. The summed E-state index contributed by atoms with van der Waals surface area (Å²) in [4.78, 5) is 10.3. The molecule has 0 heterocycles. The minimum Gasteiger partial charge on any atom is -0.393 e. The summed E-state index contributed by atoms with van der Waals surface area (Å²) in [6.45, 7) is 1.74. The van der Waals surface area contributed by atoms with Gasteiger partial charge in [0.05, 0.1) is 16.8 Å². The molecule has 112 valence electrons. The average Bonchev–Trinajstić information content (AvgIpc) is 2.35. The van der Waals surface area contributed by atoms with Gasteiger partial charge < -0.3 is 5.11 Å². The van der Waals surface area contributed by atoms with Crippen molar-refractivity contribution in [2.24, 2.45) is 0 Å². The van der Waals surface area contributed by atoms with Crippen molar-refractivity contribution < 1.29 is 18.4 Å². The highest BCUT2D eigenvalue weighted by Crippen LogP contribution is 2.21. The molecule has 0 amide bonds. The lowest BCUT2D eigenvalue weighted by molar-refractivity contribution is -0.385. The van der Waals surface area contributed by atoms with Gasteiger partial charge in [0.25, 0.3) is 5.69 Å². The zero-order chi connectivity index (χ0) is 15.3. The van der Waals surface area contributed by atoms with Gasteiger partial charge in [0, 0.05) is 25.2 Å². The molecule has 1 rings (SSSR count). The summed E-state index contributed by atoms with van der Waals surface area (Å²) in [5.41, 5.74) is -0.0543. The van der Waals surface area contributed by atoms with Crippen LogP contribution in [0.4, 0.5) is 5.69 Å². The van der Waals surface area contributed by atoms with Gasteiger partial charge in [-0.25, -0.2) is 12.7 Å². The van der Waals surface area contributed by atoms with E-state index in [0.29, 0.717) is 6.42 Å². The summed E-state index contributed by atoms with van der Waals surface area (Å²) in [5.74, 6) is -0.430. The van der Waals surface area contributed by atoms with Crippen molar-refractivity contribution >= 4 is 15.7 Å². The molecule has 0 aliphatic carbocycles. The number of aliphatic hydroxyl groups excluding tert-OH is 1. The first-order valence-corrected chi connectivity index (χ1v) is 7.69. The molecule has 0 radical (unpaired) electrons. The zero-order valence-corrected chi connectivity index (χ0v) is 12.2. The monoisotopic (exact) mass is 302 g/mol. The molecule has 0 saturated heterocycles. The third kappa shape index (κ3) is 4.55. The Bertz CT molecular complexity index is 571. The molecule has 20 heavy (non-hydrogen) atoms. The van der Waals surface area contributed by atoms with E-state index in [0.717, 1.165) is 4.31 Å². The van der Waals surface area contributed by atoms with E-state index in [4.69, 9.17) is 5.11 Å². The maximum absolute atomic E-state index is 12.1. The van der Waals surface area contributed by atoms with Crippen molar-refractivity contribution in [3.63, 3.8) is 0 Å². The summed E-state index contributed by atoms with van der Waals surface area (Å²) in [5, 5.41) is 20.0. The minimum absolute atomic E-state index is 0.154. The first kappa shape index (κ1) is 16.5. The number of aliphatic hydroxyl groups is 1. The Balaban J connectivity index is 2.89. The van der Waals surface area contributed by atoms with E-state index in [1.807, 2.05) is 0 Å². The Morgan fingerprint density at radius 1 is 1.40 bits per heavy atom. The Morgan fingerprint density at radius 2 is 2.00 bits per heavy atom. The van der Waals surface area contributed by atoms with Crippen LogP contribution in [0.25, 0.3) is 0 Å². The number of nitro benzene ring substituents is 1. The van der Waals surface area contributed by atoms with Crippen molar-refractivity contribution in [2.75, 3.05) is 13.6 Å². The van der Waals surface area contributed by atoms with E-state index in [1.165, 1.54) is 25.2 Å². The van der Waals surface area contributed by atoms with Crippen LogP contribution in [0.5, 0.6) is 0 Å². The highest BCUT2D eigenvalue weighted by Gasteiger charge is 2.23. The molecule has 0 saturated carbocycles. The van der Waals surface area contributed by atoms with Gasteiger partial charge in [-0.05, 0) is 13.3 Å².